The van der Waals surface area contributed by atoms with Crippen molar-refractivity contribution in [1.82, 2.24) is 15.1 Å². The molecule has 0 aliphatic rings. The third kappa shape index (κ3) is 2.96. The van der Waals surface area contributed by atoms with Crippen LogP contribution in [0.1, 0.15) is 29.4 Å². The monoisotopic (exact) mass is 249 g/mol. The van der Waals surface area contributed by atoms with Gasteiger partial charge >= 0.3 is 0 Å². The lowest BCUT2D eigenvalue weighted by Crippen LogP contribution is -2.16. The summed E-state index contributed by atoms with van der Waals surface area (Å²) in [5, 5.41) is 12.3. The first-order valence-corrected chi connectivity index (χ1v) is 6.90. The summed E-state index contributed by atoms with van der Waals surface area (Å²) < 4.78 is 2.06. The number of aryl methyl sites for hydroxylation is 3. The Kier molecular flexibility index (Phi) is 3.97. The van der Waals surface area contributed by atoms with Crippen molar-refractivity contribution >= 4 is 11.3 Å². The van der Waals surface area contributed by atoms with Crippen LogP contribution in [0.3, 0.4) is 0 Å². The predicted octanol–water partition coefficient (Wildman–Crippen LogP) is 2.87. The third-order valence-electron chi connectivity index (χ3n) is 2.87. The SMILES string of the molecule is CCn1nc(C)cc1CNCc1cscc1C. The zero-order chi connectivity index (χ0) is 12.3. The summed E-state index contributed by atoms with van der Waals surface area (Å²) >= 11 is 1.77. The van der Waals surface area contributed by atoms with Crippen LogP contribution in [0.5, 0.6) is 0 Å². The third-order valence-corrected chi connectivity index (χ3v) is 3.78. The van der Waals surface area contributed by atoms with Crippen molar-refractivity contribution in [2.75, 3.05) is 0 Å². The standard InChI is InChI=1S/C13H19N3S/c1-4-16-13(5-11(3)15-16)7-14-6-12-9-17-8-10(12)2/h5,8-9,14H,4,6-7H2,1-3H3. The van der Waals surface area contributed by atoms with E-state index in [4.69, 9.17) is 0 Å². The smallest absolute Gasteiger partial charge is 0.0597 e. The average Bonchev–Trinajstić information content (AvgIpc) is 2.86. The number of thiophene rings is 1. The Morgan fingerprint density at radius 3 is 2.76 bits per heavy atom. The molecule has 0 aliphatic heterocycles. The van der Waals surface area contributed by atoms with Gasteiger partial charge in [0, 0.05) is 19.6 Å². The van der Waals surface area contributed by atoms with E-state index in [1.807, 2.05) is 6.92 Å². The molecule has 17 heavy (non-hydrogen) atoms. The Morgan fingerprint density at radius 1 is 1.29 bits per heavy atom. The van der Waals surface area contributed by atoms with Gasteiger partial charge in [-0.1, -0.05) is 0 Å². The second kappa shape index (κ2) is 5.47. The Balaban J connectivity index is 1.92. The summed E-state index contributed by atoms with van der Waals surface area (Å²) in [6, 6.07) is 2.15. The van der Waals surface area contributed by atoms with E-state index in [0.717, 1.165) is 25.3 Å². The van der Waals surface area contributed by atoms with Gasteiger partial charge in [-0.05, 0) is 48.7 Å². The van der Waals surface area contributed by atoms with Gasteiger partial charge in [-0.2, -0.15) is 16.4 Å². The Morgan fingerprint density at radius 2 is 2.12 bits per heavy atom. The van der Waals surface area contributed by atoms with Crippen molar-refractivity contribution in [3.05, 3.63) is 39.3 Å². The number of rotatable bonds is 5. The maximum absolute atomic E-state index is 4.44. The van der Waals surface area contributed by atoms with Crippen LogP contribution in [0.15, 0.2) is 16.8 Å². The quantitative estimate of drug-likeness (QED) is 0.883. The van der Waals surface area contributed by atoms with Gasteiger partial charge in [0.2, 0.25) is 0 Å². The molecule has 0 aromatic carbocycles. The summed E-state index contributed by atoms with van der Waals surface area (Å²) in [6.45, 7) is 9.07. The topological polar surface area (TPSA) is 29.9 Å². The van der Waals surface area contributed by atoms with Crippen LogP contribution in [0.25, 0.3) is 0 Å². The highest BCUT2D eigenvalue weighted by Gasteiger charge is 2.04. The minimum Gasteiger partial charge on any atom is -0.307 e. The van der Waals surface area contributed by atoms with E-state index in [1.54, 1.807) is 11.3 Å². The highest BCUT2D eigenvalue weighted by molar-refractivity contribution is 7.08. The summed E-state index contributed by atoms with van der Waals surface area (Å²) in [4.78, 5) is 0. The second-order valence-corrected chi connectivity index (χ2v) is 5.02. The predicted molar refractivity (Wildman–Crippen MR) is 72.2 cm³/mol. The Hall–Kier alpha value is -1.13. The van der Waals surface area contributed by atoms with Crippen molar-refractivity contribution in [3.63, 3.8) is 0 Å². The number of nitrogens with one attached hydrogen (secondary N) is 1. The first kappa shape index (κ1) is 12.3. The molecule has 2 rings (SSSR count). The molecule has 0 amide bonds. The van der Waals surface area contributed by atoms with Gasteiger partial charge in [0.1, 0.15) is 0 Å². The van der Waals surface area contributed by atoms with Crippen LogP contribution in [-0.4, -0.2) is 9.78 Å². The molecule has 0 atom stereocenters. The average molecular weight is 249 g/mol. The molecule has 0 aliphatic carbocycles. The lowest BCUT2D eigenvalue weighted by atomic mass is 10.2. The molecule has 1 N–H and O–H groups in total. The van der Waals surface area contributed by atoms with Crippen LogP contribution in [0, 0.1) is 13.8 Å². The van der Waals surface area contributed by atoms with E-state index in [1.165, 1.54) is 16.8 Å². The highest BCUT2D eigenvalue weighted by atomic mass is 32.1. The van der Waals surface area contributed by atoms with E-state index in [0.29, 0.717) is 0 Å². The van der Waals surface area contributed by atoms with Gasteiger partial charge in [0.15, 0.2) is 0 Å². The number of hydrogen-bond acceptors (Lipinski definition) is 3. The van der Waals surface area contributed by atoms with E-state index in [-0.39, 0.29) is 0 Å². The van der Waals surface area contributed by atoms with E-state index < -0.39 is 0 Å². The molecular formula is C13H19N3S. The molecule has 2 aromatic heterocycles. The summed E-state index contributed by atoms with van der Waals surface area (Å²) in [7, 11) is 0. The van der Waals surface area contributed by atoms with Crippen molar-refractivity contribution in [1.29, 1.82) is 0 Å². The van der Waals surface area contributed by atoms with Crippen molar-refractivity contribution < 1.29 is 0 Å². The summed E-state index contributed by atoms with van der Waals surface area (Å²) in [5.74, 6) is 0. The number of nitrogens with zero attached hydrogens (tertiary/aromatic N) is 2. The second-order valence-electron chi connectivity index (χ2n) is 4.28. The van der Waals surface area contributed by atoms with Crippen LogP contribution in [0.4, 0.5) is 0 Å². The van der Waals surface area contributed by atoms with Crippen LogP contribution in [0.2, 0.25) is 0 Å². The maximum atomic E-state index is 4.44. The number of hydrogen-bond donors (Lipinski definition) is 1. The molecule has 3 nitrogen and oxygen atoms in total. The van der Waals surface area contributed by atoms with Crippen LogP contribution >= 0.6 is 11.3 Å². The summed E-state index contributed by atoms with van der Waals surface area (Å²) in [6.07, 6.45) is 0. The molecule has 4 heteroatoms. The summed E-state index contributed by atoms with van der Waals surface area (Å²) in [5.41, 5.74) is 5.13. The fourth-order valence-corrected chi connectivity index (χ4v) is 2.77. The Bertz CT molecular complexity index is 485. The zero-order valence-electron chi connectivity index (χ0n) is 10.7. The molecule has 92 valence electrons. The minimum atomic E-state index is 0.879. The van der Waals surface area contributed by atoms with Crippen molar-refractivity contribution in [2.45, 2.75) is 40.4 Å². The Labute approximate surface area is 106 Å². The van der Waals surface area contributed by atoms with Gasteiger partial charge in [-0.3, -0.25) is 4.68 Å². The lowest BCUT2D eigenvalue weighted by Gasteiger charge is -2.06. The molecular weight excluding hydrogens is 230 g/mol. The molecule has 2 heterocycles. The number of aromatic nitrogens is 2. The highest BCUT2D eigenvalue weighted by Crippen LogP contribution is 2.13. The first-order chi connectivity index (χ1) is 8.20. The zero-order valence-corrected chi connectivity index (χ0v) is 11.5. The van der Waals surface area contributed by atoms with Crippen LogP contribution < -0.4 is 5.32 Å². The normalized spacial score (nSPS) is 11.0. The molecule has 0 unspecified atom stereocenters. The van der Waals surface area contributed by atoms with Gasteiger partial charge in [0.25, 0.3) is 0 Å². The molecule has 0 saturated carbocycles. The molecule has 0 radical (unpaired) electrons. The molecule has 0 fully saturated rings. The van der Waals surface area contributed by atoms with Crippen LogP contribution in [-0.2, 0) is 19.6 Å². The minimum absolute atomic E-state index is 0.879. The van der Waals surface area contributed by atoms with Gasteiger partial charge in [-0.15, -0.1) is 0 Å². The largest absolute Gasteiger partial charge is 0.307 e. The van der Waals surface area contributed by atoms with Gasteiger partial charge in [-0.25, -0.2) is 0 Å². The van der Waals surface area contributed by atoms with Crippen molar-refractivity contribution in [2.24, 2.45) is 0 Å². The van der Waals surface area contributed by atoms with Crippen molar-refractivity contribution in [3.8, 4) is 0 Å². The molecule has 2 aromatic rings. The molecule has 0 spiro atoms. The van der Waals surface area contributed by atoms with E-state index >= 15 is 0 Å². The van der Waals surface area contributed by atoms with E-state index in [9.17, 15) is 0 Å². The fourth-order valence-electron chi connectivity index (χ4n) is 1.91. The fraction of sp³-hybridized carbons (Fsp3) is 0.462. The maximum Gasteiger partial charge on any atom is 0.0597 e. The first-order valence-electron chi connectivity index (χ1n) is 5.96. The van der Waals surface area contributed by atoms with Gasteiger partial charge < -0.3 is 5.32 Å². The van der Waals surface area contributed by atoms with E-state index in [2.05, 4.69) is 45.8 Å². The molecule has 0 saturated heterocycles. The molecule has 0 bridgehead atoms. The lowest BCUT2D eigenvalue weighted by molar-refractivity contribution is 0.579. The van der Waals surface area contributed by atoms with Gasteiger partial charge in [0.05, 0.1) is 11.4 Å².